The molecule has 0 bridgehead atoms. The molecule has 0 unspecified atom stereocenters. The zero-order valence-corrected chi connectivity index (χ0v) is 18.5. The summed E-state index contributed by atoms with van der Waals surface area (Å²) in [5.74, 6) is -1.01. The Kier molecular flexibility index (Phi) is 8.96. The van der Waals surface area contributed by atoms with Gasteiger partial charge in [-0.05, 0) is 45.0 Å². The number of hydrogen-bond acceptors (Lipinski definition) is 5. The molecule has 2 aromatic rings. The van der Waals surface area contributed by atoms with Crippen molar-refractivity contribution in [3.8, 4) is 0 Å². The first-order valence-electron chi connectivity index (χ1n) is 8.08. The average molecular weight is 526 g/mol. The van der Waals surface area contributed by atoms with Gasteiger partial charge >= 0.3 is 32.4 Å². The molecule has 5 nitrogen and oxygen atoms in total. The molecule has 0 heterocycles. The van der Waals surface area contributed by atoms with Crippen molar-refractivity contribution in [1.82, 2.24) is 0 Å². The molecule has 154 valence electrons. The monoisotopic (exact) mass is 526 g/mol. The van der Waals surface area contributed by atoms with Crippen LogP contribution in [0.4, 0.5) is 8.78 Å². The lowest BCUT2D eigenvalue weighted by Gasteiger charge is -2.22. The first-order valence-corrected chi connectivity index (χ1v) is 11.6. The fourth-order valence-electron chi connectivity index (χ4n) is 1.52. The van der Waals surface area contributed by atoms with Crippen LogP contribution in [0.25, 0.3) is 0 Å². The fraction of sp³-hybridized carbons (Fsp3) is 0.316. The smallest absolute Gasteiger partial charge is 0.367 e. The van der Waals surface area contributed by atoms with Crippen LogP contribution in [0.3, 0.4) is 0 Å². The Labute approximate surface area is 174 Å². The van der Waals surface area contributed by atoms with E-state index in [0.717, 1.165) is 0 Å². The van der Waals surface area contributed by atoms with E-state index in [4.69, 9.17) is 0 Å². The highest BCUT2D eigenvalue weighted by Gasteiger charge is 2.40. The summed E-state index contributed by atoms with van der Waals surface area (Å²) in [6, 6.07) is 21.4. The van der Waals surface area contributed by atoms with Crippen LogP contribution >= 0.6 is 0 Å². The zero-order valence-electron chi connectivity index (χ0n) is 15.6. The summed E-state index contributed by atoms with van der Waals surface area (Å²) in [6.07, 6.45) is 0. The quantitative estimate of drug-likeness (QED) is 0.323. The molecule has 0 aromatic heterocycles. The molecule has 0 N–H and O–H groups in total. The number of hydrogen-bond donors (Lipinski definition) is 0. The van der Waals surface area contributed by atoms with Crippen molar-refractivity contribution in [3.63, 3.8) is 0 Å². The molecule has 0 radical (unpaired) electrons. The summed E-state index contributed by atoms with van der Waals surface area (Å²) in [6.45, 7) is 2.45. The number of alkyl halides is 2. The van der Waals surface area contributed by atoms with Gasteiger partial charge in [0.1, 0.15) is 0 Å². The predicted molar refractivity (Wildman–Crippen MR) is 95.3 cm³/mol. The third-order valence-corrected chi connectivity index (χ3v) is 6.57. The Hall–Kier alpha value is -1.59. The van der Waals surface area contributed by atoms with Crippen molar-refractivity contribution in [3.05, 3.63) is 67.8 Å². The molecule has 28 heavy (non-hydrogen) atoms. The van der Waals surface area contributed by atoms with Gasteiger partial charge in [0.05, 0.1) is 5.41 Å². The van der Waals surface area contributed by atoms with Crippen LogP contribution in [0, 0.1) is 12.6 Å². The third-order valence-electron chi connectivity index (χ3n) is 3.03. The molecular weight excluding hydrogens is 505 g/mol. The minimum Gasteiger partial charge on any atom is -0.743 e. The number of rotatable bonds is 5. The Morgan fingerprint density at radius 2 is 1.36 bits per heavy atom. The number of carbonyl (C=O) groups excluding carboxylic acids is 1. The van der Waals surface area contributed by atoms with Gasteiger partial charge in [0.25, 0.3) is 0 Å². The molecule has 0 aliphatic carbocycles. The number of benzene rings is 2. The first-order chi connectivity index (χ1) is 12.8. The van der Waals surface area contributed by atoms with E-state index >= 15 is 0 Å². The van der Waals surface area contributed by atoms with E-state index < -0.39 is 33.4 Å². The maximum Gasteiger partial charge on any atom is 0.367 e. The van der Waals surface area contributed by atoms with Gasteiger partial charge in [-0.25, -0.2) is 8.42 Å². The van der Waals surface area contributed by atoms with Gasteiger partial charge in [0, 0.05) is 0 Å². The number of carbonyl (C=O) groups is 1. The van der Waals surface area contributed by atoms with Gasteiger partial charge in [0.2, 0.25) is 0 Å². The molecule has 0 aliphatic heterocycles. The summed E-state index contributed by atoms with van der Waals surface area (Å²) >= 11 is 0.0287. The van der Waals surface area contributed by atoms with Crippen LogP contribution in [-0.2, 0) is 19.6 Å². The minimum absolute atomic E-state index is 0.0287. The molecule has 0 spiro atoms. The zero-order chi connectivity index (χ0) is 21.4. The number of ether oxygens (including phenoxy) is 1. The number of esters is 1. The van der Waals surface area contributed by atoms with E-state index in [-0.39, 0.29) is 21.2 Å². The SMILES string of the molecule is CC(C)(C)C(=O)OCC(F)(F)S(=O)(=O)[O-].c1ccc([I+]c2ccccc2)cc1. The van der Waals surface area contributed by atoms with Crippen molar-refractivity contribution in [2.45, 2.75) is 26.0 Å². The van der Waals surface area contributed by atoms with Crippen molar-refractivity contribution >= 4 is 16.1 Å². The second-order valence-corrected chi connectivity index (χ2v) is 11.1. The van der Waals surface area contributed by atoms with E-state index in [2.05, 4.69) is 65.4 Å². The molecular formula is C19H21F2IO5S. The highest BCUT2D eigenvalue weighted by molar-refractivity contribution is 7.86. The van der Waals surface area contributed by atoms with Gasteiger partial charge in [-0.1, -0.05) is 36.4 Å². The summed E-state index contributed by atoms with van der Waals surface area (Å²) in [7, 11) is -5.80. The lowest BCUT2D eigenvalue weighted by atomic mass is 9.97. The molecule has 0 amide bonds. The summed E-state index contributed by atoms with van der Waals surface area (Å²) in [5, 5.41) is -4.59. The van der Waals surface area contributed by atoms with Crippen LogP contribution in [0.15, 0.2) is 60.7 Å². The Morgan fingerprint density at radius 3 is 1.68 bits per heavy atom. The molecule has 0 fully saturated rings. The first kappa shape index (κ1) is 24.4. The minimum atomic E-state index is -5.80. The van der Waals surface area contributed by atoms with Gasteiger partial charge in [0.15, 0.2) is 23.9 Å². The molecule has 2 rings (SSSR count). The summed E-state index contributed by atoms with van der Waals surface area (Å²) in [5.41, 5.74) is -1.04. The number of halogens is 3. The third kappa shape index (κ3) is 8.61. The fourth-order valence-corrected chi connectivity index (χ4v) is 3.99. The van der Waals surface area contributed by atoms with Crippen LogP contribution in [0.5, 0.6) is 0 Å². The van der Waals surface area contributed by atoms with E-state index in [1.807, 2.05) is 0 Å². The standard InChI is InChI=1S/C12H10I.C7H12F2O5S/c1-3-7-11(8-4-1)13-12-9-5-2-6-10-12;1-6(2,3)5(10)14-4-7(8,9)15(11,12)13/h1-10H;4H2,1-3H3,(H,11,12,13)/q+1;/p-1. The molecule has 9 heteroatoms. The topological polar surface area (TPSA) is 83.5 Å². The van der Waals surface area contributed by atoms with Gasteiger partial charge in [-0.15, -0.1) is 0 Å². The van der Waals surface area contributed by atoms with E-state index in [0.29, 0.717) is 0 Å². The lowest BCUT2D eigenvalue weighted by molar-refractivity contribution is -0.597. The van der Waals surface area contributed by atoms with Crippen molar-refractivity contribution < 1.29 is 52.5 Å². The Balaban J connectivity index is 0.000000281. The predicted octanol–water partition coefficient (Wildman–Crippen LogP) is 0.529. The van der Waals surface area contributed by atoms with E-state index in [9.17, 15) is 26.5 Å². The largest absolute Gasteiger partial charge is 0.743 e. The highest BCUT2D eigenvalue weighted by Crippen LogP contribution is 2.23. The average Bonchev–Trinajstić information content (AvgIpc) is 2.60. The maximum absolute atomic E-state index is 12.5. The van der Waals surface area contributed by atoms with E-state index in [1.165, 1.54) is 27.9 Å². The highest BCUT2D eigenvalue weighted by atomic mass is 127. The van der Waals surface area contributed by atoms with Gasteiger partial charge in [-0.2, -0.15) is 8.78 Å². The van der Waals surface area contributed by atoms with Crippen LogP contribution in [0.2, 0.25) is 0 Å². The molecule has 0 saturated heterocycles. The molecule has 0 atom stereocenters. The van der Waals surface area contributed by atoms with Gasteiger partial charge < -0.3 is 9.29 Å². The van der Waals surface area contributed by atoms with Gasteiger partial charge in [-0.3, -0.25) is 4.79 Å². The van der Waals surface area contributed by atoms with Crippen LogP contribution in [-0.4, -0.2) is 30.8 Å². The normalized spacial score (nSPS) is 11.9. The molecule has 2 aromatic carbocycles. The lowest BCUT2D eigenvalue weighted by Crippen LogP contribution is -3.61. The molecule has 0 saturated carbocycles. The van der Waals surface area contributed by atoms with Crippen LogP contribution < -0.4 is 21.2 Å². The Morgan fingerprint density at radius 1 is 0.964 bits per heavy atom. The van der Waals surface area contributed by atoms with Crippen molar-refractivity contribution in [2.75, 3.05) is 6.61 Å². The second kappa shape index (κ2) is 10.3. The molecule has 0 aliphatic rings. The second-order valence-electron chi connectivity index (χ2n) is 6.60. The van der Waals surface area contributed by atoms with E-state index in [1.54, 1.807) is 0 Å². The van der Waals surface area contributed by atoms with Crippen molar-refractivity contribution in [2.24, 2.45) is 5.41 Å². The van der Waals surface area contributed by atoms with Crippen LogP contribution in [0.1, 0.15) is 20.8 Å². The summed E-state index contributed by atoms with van der Waals surface area (Å²) < 4.78 is 62.0. The summed E-state index contributed by atoms with van der Waals surface area (Å²) in [4.78, 5) is 11.0. The Bertz CT molecular complexity index is 813. The maximum atomic E-state index is 12.5. The van der Waals surface area contributed by atoms with Crippen molar-refractivity contribution in [1.29, 1.82) is 0 Å².